The molecule has 0 aliphatic rings. The number of benzene rings is 3. The van der Waals surface area contributed by atoms with Crippen LogP contribution in [0.4, 0.5) is 5.69 Å². The van der Waals surface area contributed by atoms with Crippen LogP contribution in [0.5, 0.6) is 0 Å². The summed E-state index contributed by atoms with van der Waals surface area (Å²) in [7, 11) is 0. The Hall–Kier alpha value is -4.43. The number of anilines is 1. The first-order valence-corrected chi connectivity index (χ1v) is 10.1. The summed E-state index contributed by atoms with van der Waals surface area (Å²) in [6, 6.07) is 19.7. The van der Waals surface area contributed by atoms with E-state index in [2.05, 4.69) is 15.6 Å². The standard InChI is InChI=1S/C24H17ClN4O4/c25-19-7-9-20(10-8-19)27-26-13-18-14-29(21-11-5-17(6-12-21)24(32)33)28-22(18)15-1-3-16(4-2-15)23(30)31/h1-14,27H,(H,30,31)(H,32,33)/b26-13+. The molecule has 0 spiro atoms. The average molecular weight is 461 g/mol. The van der Waals surface area contributed by atoms with Crippen molar-refractivity contribution in [3.05, 3.63) is 101 Å². The van der Waals surface area contributed by atoms with E-state index in [4.69, 9.17) is 21.8 Å². The van der Waals surface area contributed by atoms with Crippen LogP contribution in [-0.4, -0.2) is 38.1 Å². The minimum Gasteiger partial charge on any atom is -0.478 e. The van der Waals surface area contributed by atoms with Gasteiger partial charge in [0.1, 0.15) is 5.69 Å². The molecule has 164 valence electrons. The van der Waals surface area contributed by atoms with Crippen molar-refractivity contribution in [1.82, 2.24) is 9.78 Å². The van der Waals surface area contributed by atoms with Gasteiger partial charge < -0.3 is 10.2 Å². The molecule has 0 saturated heterocycles. The fourth-order valence-corrected chi connectivity index (χ4v) is 3.19. The monoisotopic (exact) mass is 460 g/mol. The quantitative estimate of drug-likeness (QED) is 0.263. The number of carboxylic acid groups (broad SMARTS) is 2. The molecule has 1 heterocycles. The SMILES string of the molecule is O=C(O)c1ccc(-c2nn(-c3ccc(C(=O)O)cc3)cc2/C=N/Nc2ccc(Cl)cc2)cc1. The summed E-state index contributed by atoms with van der Waals surface area (Å²) in [6.45, 7) is 0. The molecule has 0 unspecified atom stereocenters. The van der Waals surface area contributed by atoms with Crippen molar-refractivity contribution in [1.29, 1.82) is 0 Å². The normalized spacial score (nSPS) is 10.9. The van der Waals surface area contributed by atoms with Crippen LogP contribution in [-0.2, 0) is 0 Å². The first kappa shape index (κ1) is 21.8. The van der Waals surface area contributed by atoms with Gasteiger partial charge in [0, 0.05) is 22.3 Å². The summed E-state index contributed by atoms with van der Waals surface area (Å²) in [5.74, 6) is -2.03. The molecule has 0 fully saturated rings. The van der Waals surface area contributed by atoms with Crippen molar-refractivity contribution in [2.45, 2.75) is 0 Å². The lowest BCUT2D eigenvalue weighted by atomic mass is 10.1. The van der Waals surface area contributed by atoms with Gasteiger partial charge in [0.05, 0.1) is 28.7 Å². The van der Waals surface area contributed by atoms with Crippen molar-refractivity contribution in [2.24, 2.45) is 5.10 Å². The molecule has 3 aromatic carbocycles. The maximum absolute atomic E-state index is 11.2. The largest absolute Gasteiger partial charge is 0.478 e. The van der Waals surface area contributed by atoms with Gasteiger partial charge in [0.2, 0.25) is 0 Å². The van der Waals surface area contributed by atoms with Crippen molar-refractivity contribution in [3.63, 3.8) is 0 Å². The highest BCUT2D eigenvalue weighted by atomic mass is 35.5. The number of aromatic nitrogens is 2. The Balaban J connectivity index is 1.69. The molecule has 0 atom stereocenters. The van der Waals surface area contributed by atoms with Crippen LogP contribution in [0, 0.1) is 0 Å². The zero-order valence-corrected chi connectivity index (χ0v) is 17.8. The Labute approximate surface area is 193 Å². The maximum Gasteiger partial charge on any atom is 0.335 e. The van der Waals surface area contributed by atoms with Gasteiger partial charge in [0.15, 0.2) is 0 Å². The first-order valence-electron chi connectivity index (χ1n) is 9.72. The van der Waals surface area contributed by atoms with Crippen LogP contribution in [0.1, 0.15) is 26.3 Å². The second-order valence-corrected chi connectivity index (χ2v) is 7.43. The van der Waals surface area contributed by atoms with Gasteiger partial charge in [0.25, 0.3) is 0 Å². The number of hydrogen-bond donors (Lipinski definition) is 3. The van der Waals surface area contributed by atoms with Crippen LogP contribution in [0.3, 0.4) is 0 Å². The summed E-state index contributed by atoms with van der Waals surface area (Å²) in [4.78, 5) is 22.3. The summed E-state index contributed by atoms with van der Waals surface area (Å²) in [5, 5.41) is 27.8. The number of hydrogen-bond acceptors (Lipinski definition) is 5. The van der Waals surface area contributed by atoms with Gasteiger partial charge in [-0.05, 0) is 60.7 Å². The molecule has 8 nitrogen and oxygen atoms in total. The van der Waals surface area contributed by atoms with Crippen LogP contribution in [0.15, 0.2) is 84.1 Å². The number of nitrogens with zero attached hydrogens (tertiary/aromatic N) is 3. The van der Waals surface area contributed by atoms with E-state index >= 15 is 0 Å². The fourth-order valence-electron chi connectivity index (χ4n) is 3.07. The van der Waals surface area contributed by atoms with Gasteiger partial charge in [-0.3, -0.25) is 5.43 Å². The maximum atomic E-state index is 11.2. The van der Waals surface area contributed by atoms with Gasteiger partial charge in [-0.25, -0.2) is 14.3 Å². The highest BCUT2D eigenvalue weighted by Crippen LogP contribution is 2.24. The molecule has 0 saturated carbocycles. The molecular weight excluding hydrogens is 444 g/mol. The third kappa shape index (κ3) is 5.08. The van der Waals surface area contributed by atoms with Crippen LogP contribution in [0.2, 0.25) is 5.02 Å². The van der Waals surface area contributed by atoms with E-state index in [-0.39, 0.29) is 11.1 Å². The lowest BCUT2D eigenvalue weighted by Crippen LogP contribution is -1.99. The van der Waals surface area contributed by atoms with Crippen molar-refractivity contribution in [3.8, 4) is 16.9 Å². The third-order valence-corrected chi connectivity index (χ3v) is 5.02. The molecule has 33 heavy (non-hydrogen) atoms. The number of hydrazone groups is 1. The summed E-state index contributed by atoms with van der Waals surface area (Å²) >= 11 is 5.90. The fraction of sp³-hybridized carbons (Fsp3) is 0. The van der Waals surface area contributed by atoms with Crippen LogP contribution < -0.4 is 5.43 Å². The molecular formula is C24H17ClN4O4. The van der Waals surface area contributed by atoms with E-state index in [9.17, 15) is 9.59 Å². The summed E-state index contributed by atoms with van der Waals surface area (Å²) < 4.78 is 1.61. The van der Waals surface area contributed by atoms with Crippen molar-refractivity contribution < 1.29 is 19.8 Å². The van der Waals surface area contributed by atoms with E-state index in [1.54, 1.807) is 65.6 Å². The molecule has 0 aliphatic heterocycles. The van der Waals surface area contributed by atoms with Gasteiger partial charge in [-0.1, -0.05) is 23.7 Å². The molecule has 9 heteroatoms. The van der Waals surface area contributed by atoms with Crippen molar-refractivity contribution >= 4 is 35.4 Å². The molecule has 4 rings (SSSR count). The smallest absolute Gasteiger partial charge is 0.335 e. The van der Waals surface area contributed by atoms with Gasteiger partial charge >= 0.3 is 11.9 Å². The first-order chi connectivity index (χ1) is 15.9. The van der Waals surface area contributed by atoms with Crippen LogP contribution in [0.25, 0.3) is 16.9 Å². The van der Waals surface area contributed by atoms with E-state index in [1.807, 2.05) is 0 Å². The second kappa shape index (κ2) is 9.37. The van der Waals surface area contributed by atoms with Gasteiger partial charge in [-0.15, -0.1) is 0 Å². The summed E-state index contributed by atoms with van der Waals surface area (Å²) in [6.07, 6.45) is 3.35. The zero-order valence-electron chi connectivity index (χ0n) is 17.0. The predicted octanol–water partition coefficient (Wildman–Crippen LogP) is 5.04. The molecule has 4 aromatic rings. The molecule has 1 aromatic heterocycles. The molecule has 0 radical (unpaired) electrons. The minimum atomic E-state index is -1.01. The highest BCUT2D eigenvalue weighted by molar-refractivity contribution is 6.30. The van der Waals surface area contributed by atoms with Gasteiger partial charge in [-0.2, -0.15) is 10.2 Å². The topological polar surface area (TPSA) is 117 Å². The van der Waals surface area contributed by atoms with Crippen molar-refractivity contribution in [2.75, 3.05) is 5.43 Å². The summed E-state index contributed by atoms with van der Waals surface area (Å²) in [5.41, 5.74) is 6.62. The molecule has 0 bridgehead atoms. The highest BCUT2D eigenvalue weighted by Gasteiger charge is 2.13. The number of nitrogens with one attached hydrogen (secondary N) is 1. The van der Waals surface area contributed by atoms with E-state index in [1.165, 1.54) is 24.3 Å². The second-order valence-electron chi connectivity index (χ2n) is 6.99. The lowest BCUT2D eigenvalue weighted by molar-refractivity contribution is 0.0686. The number of aromatic carboxylic acids is 2. The van der Waals surface area contributed by atoms with E-state index in [0.29, 0.717) is 27.5 Å². The zero-order chi connectivity index (χ0) is 23.4. The number of carboxylic acids is 2. The molecule has 0 amide bonds. The molecule has 3 N–H and O–H groups in total. The minimum absolute atomic E-state index is 0.169. The number of carbonyl (C=O) groups is 2. The predicted molar refractivity (Wildman–Crippen MR) is 126 cm³/mol. The number of rotatable bonds is 7. The Morgan fingerprint density at radius 1 is 0.879 bits per heavy atom. The third-order valence-electron chi connectivity index (χ3n) is 4.77. The van der Waals surface area contributed by atoms with Crippen LogP contribution >= 0.6 is 11.6 Å². The number of halogens is 1. The lowest BCUT2D eigenvalue weighted by Gasteiger charge is -2.02. The van der Waals surface area contributed by atoms with E-state index in [0.717, 1.165) is 5.69 Å². The Morgan fingerprint density at radius 2 is 1.45 bits per heavy atom. The molecule has 0 aliphatic carbocycles. The van der Waals surface area contributed by atoms with E-state index < -0.39 is 11.9 Å². The Kier molecular flexibility index (Phi) is 6.19. The Morgan fingerprint density at radius 3 is 2.03 bits per heavy atom. The average Bonchev–Trinajstić information content (AvgIpc) is 3.24. The Bertz CT molecular complexity index is 1330.